The Kier molecular flexibility index (Phi) is 5.49. The summed E-state index contributed by atoms with van der Waals surface area (Å²) in [4.78, 5) is 17.4. The van der Waals surface area contributed by atoms with Gasteiger partial charge in [0, 0.05) is 22.0 Å². The zero-order chi connectivity index (χ0) is 22.2. The number of rotatable bonds is 5. The molecular weight excluding hydrogens is 440 g/mol. The van der Waals surface area contributed by atoms with Crippen LogP contribution in [0.2, 0.25) is 5.02 Å². The molecule has 0 saturated carbocycles. The van der Waals surface area contributed by atoms with Crippen molar-refractivity contribution >= 4 is 45.9 Å². The van der Waals surface area contributed by atoms with Crippen LogP contribution in [0.5, 0.6) is 0 Å². The molecular formula is C25H21ClN4OS. The average molecular weight is 461 g/mol. The minimum Gasteiger partial charge on any atom is -0.328 e. The van der Waals surface area contributed by atoms with Crippen LogP contribution in [0.3, 0.4) is 0 Å². The summed E-state index contributed by atoms with van der Waals surface area (Å²) in [5.74, 6) is 1.31. The maximum Gasteiger partial charge on any atom is 0.227 e. The Labute approximate surface area is 195 Å². The number of carbonyl (C=O) groups excluding carboxylic acids is 1. The summed E-state index contributed by atoms with van der Waals surface area (Å²) in [5.41, 5.74) is 3.56. The second-order valence-corrected chi connectivity index (χ2v) is 9.08. The highest BCUT2D eigenvalue weighted by molar-refractivity contribution is 7.98. The van der Waals surface area contributed by atoms with Crippen molar-refractivity contribution in [1.29, 1.82) is 0 Å². The van der Waals surface area contributed by atoms with Gasteiger partial charge in [-0.1, -0.05) is 84.0 Å². The maximum atomic E-state index is 12.7. The van der Waals surface area contributed by atoms with Crippen LogP contribution in [0.4, 0.5) is 5.95 Å². The van der Waals surface area contributed by atoms with Gasteiger partial charge in [-0.05, 0) is 41.8 Å². The van der Waals surface area contributed by atoms with E-state index in [1.165, 1.54) is 11.8 Å². The van der Waals surface area contributed by atoms with Gasteiger partial charge >= 0.3 is 0 Å². The highest BCUT2D eigenvalue weighted by atomic mass is 35.5. The van der Waals surface area contributed by atoms with Crippen molar-refractivity contribution < 1.29 is 4.79 Å². The summed E-state index contributed by atoms with van der Waals surface area (Å²) < 4.78 is 1.83. The standard InChI is InChI=1S/C25H21ClN4OS/c1-15-22(16(2)31)23(20-12-7-10-17-8-3-5-11-19(17)20)30-24(27-15)28-25(29-30)32-14-18-9-4-6-13-21(18)26/h3-13,23H,14H2,1-2H3,(H,27,28,29). The molecule has 32 heavy (non-hydrogen) atoms. The molecule has 5 rings (SSSR count). The van der Waals surface area contributed by atoms with Gasteiger partial charge in [-0.25, -0.2) is 4.68 Å². The zero-order valence-electron chi connectivity index (χ0n) is 17.7. The van der Waals surface area contributed by atoms with Crippen LogP contribution in [0, 0.1) is 0 Å². The second-order valence-electron chi connectivity index (χ2n) is 7.73. The minimum atomic E-state index is -0.350. The van der Waals surface area contributed by atoms with E-state index in [0.29, 0.717) is 22.4 Å². The van der Waals surface area contributed by atoms with E-state index in [1.807, 2.05) is 54.1 Å². The smallest absolute Gasteiger partial charge is 0.227 e. The van der Waals surface area contributed by atoms with Crippen LogP contribution in [0.1, 0.15) is 31.0 Å². The van der Waals surface area contributed by atoms with Gasteiger partial charge in [-0.15, -0.1) is 5.10 Å². The van der Waals surface area contributed by atoms with E-state index in [0.717, 1.165) is 32.6 Å². The second kappa shape index (κ2) is 8.45. The number of aromatic nitrogens is 3. The molecule has 7 heteroatoms. The van der Waals surface area contributed by atoms with Gasteiger partial charge in [0.05, 0.1) is 0 Å². The van der Waals surface area contributed by atoms with Crippen LogP contribution >= 0.6 is 23.4 Å². The van der Waals surface area contributed by atoms with E-state index in [2.05, 4.69) is 29.6 Å². The largest absolute Gasteiger partial charge is 0.328 e. The Morgan fingerprint density at radius 2 is 1.84 bits per heavy atom. The van der Waals surface area contributed by atoms with Gasteiger partial charge in [0.1, 0.15) is 6.04 Å². The molecule has 0 amide bonds. The lowest BCUT2D eigenvalue weighted by Crippen LogP contribution is -2.28. The number of halogens is 1. The van der Waals surface area contributed by atoms with Crippen LogP contribution in [-0.2, 0) is 10.5 Å². The highest BCUT2D eigenvalue weighted by Crippen LogP contribution is 2.39. The summed E-state index contributed by atoms with van der Waals surface area (Å²) in [7, 11) is 0. The first-order valence-electron chi connectivity index (χ1n) is 10.3. The molecule has 1 N–H and O–H groups in total. The summed E-state index contributed by atoms with van der Waals surface area (Å²) in [6, 6.07) is 21.8. The number of allylic oxidation sites excluding steroid dienone is 2. The zero-order valence-corrected chi connectivity index (χ0v) is 19.2. The summed E-state index contributed by atoms with van der Waals surface area (Å²) >= 11 is 7.83. The third-order valence-electron chi connectivity index (χ3n) is 5.65. The fourth-order valence-corrected chi connectivity index (χ4v) is 5.30. The van der Waals surface area contributed by atoms with Crippen molar-refractivity contribution in [2.45, 2.75) is 30.8 Å². The fraction of sp³-hybridized carbons (Fsp3) is 0.160. The van der Waals surface area contributed by atoms with Gasteiger partial charge in [-0.2, -0.15) is 4.98 Å². The lowest BCUT2D eigenvalue weighted by Gasteiger charge is -2.28. The SMILES string of the molecule is CC(=O)C1=C(C)Nc2nc(SCc3ccccc3Cl)nn2C1c1cccc2ccccc12. The van der Waals surface area contributed by atoms with Crippen LogP contribution in [-0.4, -0.2) is 20.5 Å². The summed E-state index contributed by atoms with van der Waals surface area (Å²) in [6.07, 6.45) is 0. The first kappa shape index (κ1) is 20.8. The van der Waals surface area contributed by atoms with E-state index in [1.54, 1.807) is 6.92 Å². The Morgan fingerprint density at radius 3 is 2.66 bits per heavy atom. The average Bonchev–Trinajstić information content (AvgIpc) is 3.19. The molecule has 1 atom stereocenters. The van der Waals surface area contributed by atoms with Crippen LogP contribution in [0.15, 0.2) is 83.2 Å². The van der Waals surface area contributed by atoms with Crippen molar-refractivity contribution in [1.82, 2.24) is 14.8 Å². The van der Waals surface area contributed by atoms with Crippen LogP contribution in [0.25, 0.3) is 10.8 Å². The number of anilines is 1. The number of nitrogens with one attached hydrogen (secondary N) is 1. The van der Waals surface area contributed by atoms with Gasteiger partial charge in [0.15, 0.2) is 5.78 Å². The van der Waals surface area contributed by atoms with Crippen molar-refractivity contribution in [3.05, 3.63) is 94.1 Å². The van der Waals surface area contributed by atoms with Crippen molar-refractivity contribution in [3.8, 4) is 0 Å². The first-order chi connectivity index (χ1) is 15.5. The highest BCUT2D eigenvalue weighted by Gasteiger charge is 2.33. The van der Waals surface area contributed by atoms with Crippen molar-refractivity contribution in [3.63, 3.8) is 0 Å². The fourth-order valence-electron chi connectivity index (χ4n) is 4.18. The monoisotopic (exact) mass is 460 g/mol. The van der Waals surface area contributed by atoms with E-state index in [9.17, 15) is 4.79 Å². The molecule has 0 fully saturated rings. The number of carbonyl (C=O) groups is 1. The lowest BCUT2D eigenvalue weighted by molar-refractivity contribution is -0.114. The molecule has 160 valence electrons. The molecule has 1 unspecified atom stereocenters. The topological polar surface area (TPSA) is 59.8 Å². The molecule has 0 radical (unpaired) electrons. The van der Waals surface area contributed by atoms with E-state index < -0.39 is 0 Å². The molecule has 0 bridgehead atoms. The predicted molar refractivity (Wildman–Crippen MR) is 130 cm³/mol. The van der Waals surface area contributed by atoms with Gasteiger partial charge in [-0.3, -0.25) is 4.79 Å². The number of benzene rings is 3. The van der Waals surface area contributed by atoms with E-state index in [-0.39, 0.29) is 11.8 Å². The van der Waals surface area contributed by atoms with Gasteiger partial charge < -0.3 is 5.32 Å². The maximum absolute atomic E-state index is 12.7. The molecule has 0 aliphatic carbocycles. The molecule has 1 aliphatic heterocycles. The molecule has 4 aromatic rings. The number of hydrogen-bond acceptors (Lipinski definition) is 5. The Balaban J connectivity index is 1.58. The normalized spacial score (nSPS) is 15.5. The van der Waals surface area contributed by atoms with Crippen LogP contribution < -0.4 is 5.32 Å². The third-order valence-corrected chi connectivity index (χ3v) is 6.90. The lowest BCUT2D eigenvalue weighted by atomic mass is 9.90. The Bertz CT molecular complexity index is 1370. The number of ketones is 1. The number of thioether (sulfide) groups is 1. The minimum absolute atomic E-state index is 0.0133. The third kappa shape index (κ3) is 3.70. The van der Waals surface area contributed by atoms with E-state index in [4.69, 9.17) is 21.7 Å². The number of Topliss-reactive ketones (excluding diaryl/α,β-unsaturated/α-hetero) is 1. The van der Waals surface area contributed by atoms with Crippen molar-refractivity contribution in [2.24, 2.45) is 0 Å². The van der Waals surface area contributed by atoms with Crippen molar-refractivity contribution in [2.75, 3.05) is 5.32 Å². The Hall–Kier alpha value is -3.09. The van der Waals surface area contributed by atoms with Gasteiger partial charge in [0.25, 0.3) is 0 Å². The molecule has 5 nitrogen and oxygen atoms in total. The molecule has 3 aromatic carbocycles. The molecule has 1 aromatic heterocycles. The summed E-state index contributed by atoms with van der Waals surface area (Å²) in [5, 5.41) is 11.7. The number of fused-ring (bicyclic) bond motifs is 2. The van der Waals surface area contributed by atoms with Gasteiger partial charge in [0.2, 0.25) is 11.1 Å². The molecule has 0 saturated heterocycles. The molecule has 0 spiro atoms. The first-order valence-corrected chi connectivity index (χ1v) is 11.7. The quantitative estimate of drug-likeness (QED) is 0.356. The number of hydrogen-bond donors (Lipinski definition) is 1. The Morgan fingerprint density at radius 1 is 1.09 bits per heavy atom. The molecule has 1 aliphatic rings. The predicted octanol–water partition coefficient (Wildman–Crippen LogP) is 6.25. The van der Waals surface area contributed by atoms with E-state index >= 15 is 0 Å². The molecule has 2 heterocycles. The number of nitrogens with zero attached hydrogens (tertiary/aromatic N) is 3. The summed E-state index contributed by atoms with van der Waals surface area (Å²) in [6.45, 7) is 3.53.